The van der Waals surface area contributed by atoms with E-state index in [1.54, 1.807) is 12.4 Å². The van der Waals surface area contributed by atoms with Crippen molar-refractivity contribution in [2.45, 2.75) is 6.42 Å². The predicted octanol–water partition coefficient (Wildman–Crippen LogP) is 4.73. The van der Waals surface area contributed by atoms with Gasteiger partial charge in [0.05, 0.1) is 16.7 Å². The zero-order valence-corrected chi connectivity index (χ0v) is 15.0. The molecule has 0 saturated carbocycles. The summed E-state index contributed by atoms with van der Waals surface area (Å²) in [5.41, 5.74) is 5.03. The third kappa shape index (κ3) is 3.35. The molecule has 0 aliphatic heterocycles. The molecule has 5 aromatic rings. The minimum atomic E-state index is 0.716. The van der Waals surface area contributed by atoms with Gasteiger partial charge in [-0.05, 0) is 59.7 Å². The number of nitrogens with zero attached hydrogens (tertiary/aromatic N) is 3. The predicted molar refractivity (Wildman–Crippen MR) is 107 cm³/mol. The SMILES string of the molecule is c1cncc(Cc2nc3cc(Oc4ccc(-c5ccn[nH]5)cc4)ccc3[nH]2)c1. The van der Waals surface area contributed by atoms with Gasteiger partial charge in [0.25, 0.3) is 0 Å². The summed E-state index contributed by atoms with van der Waals surface area (Å²) in [5.74, 6) is 2.43. The zero-order chi connectivity index (χ0) is 18.8. The van der Waals surface area contributed by atoms with Crippen LogP contribution in [0, 0.1) is 0 Å². The Balaban J connectivity index is 1.35. The van der Waals surface area contributed by atoms with Gasteiger partial charge < -0.3 is 9.72 Å². The van der Waals surface area contributed by atoms with Crippen LogP contribution in [0.4, 0.5) is 0 Å². The highest BCUT2D eigenvalue weighted by atomic mass is 16.5. The molecule has 0 aliphatic carbocycles. The Labute approximate surface area is 161 Å². The van der Waals surface area contributed by atoms with Crippen LogP contribution in [0.3, 0.4) is 0 Å². The molecule has 0 saturated heterocycles. The average Bonchev–Trinajstić information content (AvgIpc) is 3.39. The van der Waals surface area contributed by atoms with Crippen molar-refractivity contribution in [2.75, 3.05) is 0 Å². The molecular formula is C22H17N5O. The van der Waals surface area contributed by atoms with Crippen LogP contribution in [0.15, 0.2) is 79.3 Å². The second-order valence-electron chi connectivity index (χ2n) is 6.50. The van der Waals surface area contributed by atoms with Crippen LogP contribution in [0.2, 0.25) is 0 Å². The number of pyridine rings is 1. The lowest BCUT2D eigenvalue weighted by atomic mass is 10.1. The molecule has 0 aliphatic rings. The monoisotopic (exact) mass is 367 g/mol. The summed E-state index contributed by atoms with van der Waals surface area (Å²) in [6, 6.07) is 19.7. The normalized spacial score (nSPS) is 11.0. The molecule has 2 N–H and O–H groups in total. The zero-order valence-electron chi connectivity index (χ0n) is 15.0. The molecule has 6 heteroatoms. The van der Waals surface area contributed by atoms with E-state index in [9.17, 15) is 0 Å². The van der Waals surface area contributed by atoms with Gasteiger partial charge in [0.1, 0.15) is 17.3 Å². The van der Waals surface area contributed by atoms with E-state index >= 15 is 0 Å². The topological polar surface area (TPSA) is 79.5 Å². The smallest absolute Gasteiger partial charge is 0.129 e. The standard InChI is InChI=1S/C22H17N5O/c1-2-15(14-23-10-1)12-22-25-20-8-7-18(13-21(20)26-22)28-17-5-3-16(4-6-17)19-9-11-24-27-19/h1-11,13-14H,12H2,(H,24,27)(H,25,26). The van der Waals surface area contributed by atoms with Crippen LogP contribution < -0.4 is 4.74 Å². The summed E-state index contributed by atoms with van der Waals surface area (Å²) < 4.78 is 6.00. The number of benzene rings is 2. The molecule has 0 atom stereocenters. The molecule has 6 nitrogen and oxygen atoms in total. The molecule has 0 spiro atoms. The minimum absolute atomic E-state index is 0.716. The van der Waals surface area contributed by atoms with E-state index < -0.39 is 0 Å². The molecule has 0 fully saturated rings. The fourth-order valence-corrected chi connectivity index (χ4v) is 3.14. The fraction of sp³-hybridized carbons (Fsp3) is 0.0455. The summed E-state index contributed by atoms with van der Waals surface area (Å²) in [5, 5.41) is 6.93. The van der Waals surface area contributed by atoms with Gasteiger partial charge in [-0.1, -0.05) is 6.07 Å². The van der Waals surface area contributed by atoms with Gasteiger partial charge in [-0.15, -0.1) is 0 Å². The van der Waals surface area contributed by atoms with Crippen molar-refractivity contribution in [3.63, 3.8) is 0 Å². The van der Waals surface area contributed by atoms with E-state index in [2.05, 4.69) is 25.1 Å². The molecule has 28 heavy (non-hydrogen) atoms. The molecule has 0 amide bonds. The number of H-pyrrole nitrogens is 2. The number of hydrogen-bond acceptors (Lipinski definition) is 4. The second-order valence-corrected chi connectivity index (χ2v) is 6.50. The fourth-order valence-electron chi connectivity index (χ4n) is 3.14. The number of ether oxygens (including phenoxy) is 1. The van der Waals surface area contributed by atoms with Gasteiger partial charge in [-0.25, -0.2) is 4.98 Å². The van der Waals surface area contributed by atoms with Crippen molar-refractivity contribution in [1.29, 1.82) is 0 Å². The van der Waals surface area contributed by atoms with Crippen molar-refractivity contribution in [3.05, 3.63) is 90.6 Å². The Hall–Kier alpha value is -3.93. The Morgan fingerprint density at radius 3 is 2.57 bits per heavy atom. The van der Waals surface area contributed by atoms with Crippen LogP contribution >= 0.6 is 0 Å². The maximum Gasteiger partial charge on any atom is 0.129 e. The molecule has 0 bridgehead atoms. The van der Waals surface area contributed by atoms with Crippen LogP contribution in [0.5, 0.6) is 11.5 Å². The van der Waals surface area contributed by atoms with E-state index in [1.807, 2.05) is 66.9 Å². The van der Waals surface area contributed by atoms with Gasteiger partial charge in [0.2, 0.25) is 0 Å². The number of fused-ring (bicyclic) bond motifs is 1. The van der Waals surface area contributed by atoms with Gasteiger partial charge in [0.15, 0.2) is 0 Å². The number of imidazole rings is 1. The number of nitrogens with one attached hydrogen (secondary N) is 2. The Kier molecular flexibility index (Phi) is 4.06. The van der Waals surface area contributed by atoms with Crippen LogP contribution in [0.25, 0.3) is 22.3 Å². The first kappa shape index (κ1) is 16.3. The average molecular weight is 367 g/mol. The second kappa shape index (κ2) is 7.00. The van der Waals surface area contributed by atoms with Crippen molar-refractivity contribution in [1.82, 2.24) is 25.1 Å². The van der Waals surface area contributed by atoms with Crippen molar-refractivity contribution in [3.8, 4) is 22.8 Å². The molecule has 0 radical (unpaired) electrons. The summed E-state index contributed by atoms with van der Waals surface area (Å²) in [4.78, 5) is 12.2. The van der Waals surface area contributed by atoms with Gasteiger partial charge >= 0.3 is 0 Å². The summed E-state index contributed by atoms with van der Waals surface area (Å²) in [6.07, 6.45) is 6.08. The van der Waals surface area contributed by atoms with E-state index in [4.69, 9.17) is 4.74 Å². The highest BCUT2D eigenvalue weighted by Gasteiger charge is 2.07. The number of rotatable bonds is 5. The Bertz CT molecular complexity index is 1200. The summed E-state index contributed by atoms with van der Waals surface area (Å²) in [6.45, 7) is 0. The van der Waals surface area contributed by atoms with E-state index in [-0.39, 0.29) is 0 Å². The highest BCUT2D eigenvalue weighted by molar-refractivity contribution is 5.77. The maximum atomic E-state index is 6.00. The van der Waals surface area contributed by atoms with Crippen LogP contribution in [0.1, 0.15) is 11.4 Å². The Morgan fingerprint density at radius 2 is 1.79 bits per heavy atom. The van der Waals surface area contributed by atoms with E-state index in [0.717, 1.165) is 45.2 Å². The summed E-state index contributed by atoms with van der Waals surface area (Å²) in [7, 11) is 0. The van der Waals surface area contributed by atoms with Crippen LogP contribution in [-0.2, 0) is 6.42 Å². The first-order valence-corrected chi connectivity index (χ1v) is 8.99. The largest absolute Gasteiger partial charge is 0.457 e. The van der Waals surface area contributed by atoms with Gasteiger partial charge in [-0.2, -0.15) is 5.10 Å². The van der Waals surface area contributed by atoms with Gasteiger partial charge in [-0.3, -0.25) is 10.1 Å². The minimum Gasteiger partial charge on any atom is -0.457 e. The van der Waals surface area contributed by atoms with Gasteiger partial charge in [0, 0.05) is 31.1 Å². The third-order valence-corrected chi connectivity index (χ3v) is 4.50. The molecule has 5 rings (SSSR count). The van der Waals surface area contributed by atoms with E-state index in [0.29, 0.717) is 6.42 Å². The molecule has 136 valence electrons. The van der Waals surface area contributed by atoms with Crippen molar-refractivity contribution in [2.24, 2.45) is 0 Å². The Morgan fingerprint density at radius 1 is 0.893 bits per heavy atom. The van der Waals surface area contributed by atoms with Crippen molar-refractivity contribution < 1.29 is 4.74 Å². The van der Waals surface area contributed by atoms with Crippen molar-refractivity contribution >= 4 is 11.0 Å². The maximum absolute atomic E-state index is 6.00. The lowest BCUT2D eigenvalue weighted by Gasteiger charge is -2.06. The lowest BCUT2D eigenvalue weighted by molar-refractivity contribution is 0.483. The van der Waals surface area contributed by atoms with Crippen LogP contribution in [-0.4, -0.2) is 25.1 Å². The summed E-state index contributed by atoms with van der Waals surface area (Å²) >= 11 is 0. The quantitative estimate of drug-likeness (QED) is 0.471. The molecule has 3 heterocycles. The first-order valence-electron chi connectivity index (χ1n) is 8.99. The van der Waals surface area contributed by atoms with E-state index in [1.165, 1.54) is 0 Å². The lowest BCUT2D eigenvalue weighted by Crippen LogP contribution is -1.90. The molecular weight excluding hydrogens is 350 g/mol. The number of aromatic amines is 2. The molecule has 3 aromatic heterocycles. The third-order valence-electron chi connectivity index (χ3n) is 4.50. The molecule has 2 aromatic carbocycles. The first-order chi connectivity index (χ1) is 13.8. The number of aromatic nitrogens is 5. The molecule has 0 unspecified atom stereocenters. The highest BCUT2D eigenvalue weighted by Crippen LogP contribution is 2.27. The number of hydrogen-bond donors (Lipinski definition) is 2.